The van der Waals surface area contributed by atoms with Crippen LogP contribution in [0.1, 0.15) is 13.8 Å². The molecule has 2 heterocycles. The summed E-state index contributed by atoms with van der Waals surface area (Å²) in [6, 6.07) is 2.03. The first-order chi connectivity index (χ1) is 8.06. The van der Waals surface area contributed by atoms with Crippen LogP contribution in [0.3, 0.4) is 0 Å². The molecule has 0 aliphatic carbocycles. The van der Waals surface area contributed by atoms with Crippen molar-refractivity contribution < 1.29 is 4.74 Å². The summed E-state index contributed by atoms with van der Waals surface area (Å²) in [5, 5.41) is 4.05. The molecule has 7 nitrogen and oxygen atoms in total. The number of aromatic nitrogens is 5. The quantitative estimate of drug-likeness (QED) is 0.837. The summed E-state index contributed by atoms with van der Waals surface area (Å²) in [6.45, 7) is 3.79. The smallest absolute Gasteiger partial charge is 0.322 e. The lowest BCUT2D eigenvalue weighted by Crippen LogP contribution is -2.11. The fraction of sp³-hybridized carbons (Fsp3) is 0.400. The maximum absolute atomic E-state index is 5.62. The first-order valence-corrected chi connectivity index (χ1v) is 5.23. The van der Waals surface area contributed by atoms with Gasteiger partial charge >= 0.3 is 6.01 Å². The van der Waals surface area contributed by atoms with Gasteiger partial charge in [-0.25, -0.2) is 0 Å². The van der Waals surface area contributed by atoms with Gasteiger partial charge < -0.3 is 10.5 Å². The maximum Gasteiger partial charge on any atom is 0.322 e. The van der Waals surface area contributed by atoms with Gasteiger partial charge in [0.05, 0.1) is 6.10 Å². The topological polar surface area (TPSA) is 91.7 Å². The Balaban J connectivity index is 2.42. The van der Waals surface area contributed by atoms with Crippen LogP contribution in [0.25, 0.3) is 11.5 Å². The average Bonchev–Trinajstić information content (AvgIpc) is 2.62. The van der Waals surface area contributed by atoms with Gasteiger partial charge in [-0.15, -0.1) is 0 Å². The highest BCUT2D eigenvalue weighted by atomic mass is 16.5. The average molecular weight is 234 g/mol. The second kappa shape index (κ2) is 4.36. The van der Waals surface area contributed by atoms with E-state index in [4.69, 9.17) is 10.5 Å². The molecule has 2 aromatic heterocycles. The highest BCUT2D eigenvalue weighted by molar-refractivity contribution is 5.50. The van der Waals surface area contributed by atoms with Crippen LogP contribution >= 0.6 is 0 Å². The molecule has 0 amide bonds. The predicted molar refractivity (Wildman–Crippen MR) is 62.2 cm³/mol. The number of anilines is 1. The number of nitrogen functional groups attached to an aromatic ring is 1. The fourth-order valence-corrected chi connectivity index (χ4v) is 1.34. The fourth-order valence-electron chi connectivity index (χ4n) is 1.34. The minimum atomic E-state index is -0.0174. The zero-order valence-corrected chi connectivity index (χ0v) is 9.95. The molecule has 0 aliphatic heterocycles. The number of rotatable bonds is 3. The SMILES string of the molecule is CC(C)Oc1nc(N)nc(-c2ccnn2C)n1. The van der Waals surface area contributed by atoms with Crippen molar-refractivity contribution in [2.75, 3.05) is 5.73 Å². The third-order valence-corrected chi connectivity index (χ3v) is 2.02. The summed E-state index contributed by atoms with van der Waals surface area (Å²) in [5.74, 6) is 0.583. The van der Waals surface area contributed by atoms with E-state index in [1.807, 2.05) is 13.8 Å². The molecule has 0 saturated heterocycles. The molecule has 7 heteroatoms. The number of nitrogens with two attached hydrogens (primary N) is 1. The van der Waals surface area contributed by atoms with Gasteiger partial charge in [0.1, 0.15) is 5.69 Å². The normalized spacial score (nSPS) is 10.8. The van der Waals surface area contributed by atoms with Gasteiger partial charge in [0, 0.05) is 13.2 Å². The van der Waals surface area contributed by atoms with E-state index in [1.54, 1.807) is 24.0 Å². The summed E-state index contributed by atoms with van der Waals surface area (Å²) in [7, 11) is 1.80. The van der Waals surface area contributed by atoms with Crippen LogP contribution in [0, 0.1) is 0 Å². The van der Waals surface area contributed by atoms with Gasteiger partial charge in [0.15, 0.2) is 5.82 Å². The number of hydrogen-bond donors (Lipinski definition) is 1. The van der Waals surface area contributed by atoms with E-state index in [-0.39, 0.29) is 18.1 Å². The molecule has 0 aliphatic rings. The predicted octanol–water partition coefficient (Wildman–Crippen LogP) is 0.641. The van der Waals surface area contributed by atoms with Gasteiger partial charge in [0.25, 0.3) is 0 Å². The van der Waals surface area contributed by atoms with Crippen LogP contribution in [0.15, 0.2) is 12.3 Å². The number of hydrogen-bond acceptors (Lipinski definition) is 6. The lowest BCUT2D eigenvalue weighted by atomic mass is 10.4. The Hall–Kier alpha value is -2.18. The van der Waals surface area contributed by atoms with Crippen molar-refractivity contribution in [2.45, 2.75) is 20.0 Å². The molecule has 0 radical (unpaired) electrons. The molecule has 0 fully saturated rings. The van der Waals surface area contributed by atoms with Crippen molar-refractivity contribution in [3.8, 4) is 17.5 Å². The number of nitrogens with zero attached hydrogens (tertiary/aromatic N) is 5. The van der Waals surface area contributed by atoms with Gasteiger partial charge in [-0.2, -0.15) is 20.1 Å². The molecule has 0 unspecified atom stereocenters. The molecule has 0 saturated carbocycles. The van der Waals surface area contributed by atoms with Crippen molar-refractivity contribution in [3.63, 3.8) is 0 Å². The second-order valence-corrected chi connectivity index (χ2v) is 3.81. The van der Waals surface area contributed by atoms with Crippen LogP contribution in [0.4, 0.5) is 5.95 Å². The van der Waals surface area contributed by atoms with Crippen LogP contribution in [-0.4, -0.2) is 30.8 Å². The molecule has 2 aromatic rings. The lowest BCUT2D eigenvalue weighted by Gasteiger charge is -2.09. The molecular weight excluding hydrogens is 220 g/mol. The Kier molecular flexibility index (Phi) is 2.90. The maximum atomic E-state index is 5.62. The van der Waals surface area contributed by atoms with E-state index in [9.17, 15) is 0 Å². The molecule has 90 valence electrons. The zero-order chi connectivity index (χ0) is 12.4. The minimum Gasteiger partial charge on any atom is -0.461 e. The highest BCUT2D eigenvalue weighted by Gasteiger charge is 2.11. The van der Waals surface area contributed by atoms with E-state index in [0.717, 1.165) is 5.69 Å². The second-order valence-electron chi connectivity index (χ2n) is 3.81. The number of aryl methyl sites for hydroxylation is 1. The molecule has 0 atom stereocenters. The van der Waals surface area contributed by atoms with Crippen molar-refractivity contribution in [1.82, 2.24) is 24.7 Å². The summed E-state index contributed by atoms with van der Waals surface area (Å²) >= 11 is 0. The monoisotopic (exact) mass is 234 g/mol. The summed E-state index contributed by atoms with van der Waals surface area (Å²) in [6.07, 6.45) is 1.65. The van der Waals surface area contributed by atoms with Crippen molar-refractivity contribution in [1.29, 1.82) is 0 Å². The Labute approximate surface area is 98.7 Å². The Bertz CT molecular complexity index is 521. The minimum absolute atomic E-state index is 0.0174. The molecule has 0 spiro atoms. The largest absolute Gasteiger partial charge is 0.461 e. The van der Waals surface area contributed by atoms with E-state index in [2.05, 4.69) is 20.1 Å². The van der Waals surface area contributed by atoms with Gasteiger partial charge in [-0.3, -0.25) is 4.68 Å². The summed E-state index contributed by atoms with van der Waals surface area (Å²) in [5.41, 5.74) is 6.38. The van der Waals surface area contributed by atoms with Gasteiger partial charge in [-0.1, -0.05) is 0 Å². The van der Waals surface area contributed by atoms with E-state index < -0.39 is 0 Å². The third-order valence-electron chi connectivity index (χ3n) is 2.02. The van der Waals surface area contributed by atoms with E-state index in [0.29, 0.717) is 5.82 Å². The first kappa shape index (κ1) is 11.3. The van der Waals surface area contributed by atoms with Crippen molar-refractivity contribution >= 4 is 5.95 Å². The van der Waals surface area contributed by atoms with Gasteiger partial charge in [0.2, 0.25) is 5.95 Å². The van der Waals surface area contributed by atoms with Crippen molar-refractivity contribution in [2.24, 2.45) is 7.05 Å². The Morgan fingerprint density at radius 3 is 2.65 bits per heavy atom. The highest BCUT2D eigenvalue weighted by Crippen LogP contribution is 2.17. The van der Waals surface area contributed by atoms with Crippen LogP contribution in [0.2, 0.25) is 0 Å². The van der Waals surface area contributed by atoms with Crippen LogP contribution < -0.4 is 10.5 Å². The van der Waals surface area contributed by atoms with Crippen molar-refractivity contribution in [3.05, 3.63) is 12.3 Å². The molecule has 2 N–H and O–H groups in total. The third kappa shape index (κ3) is 2.49. The molecule has 0 aromatic carbocycles. The molecule has 17 heavy (non-hydrogen) atoms. The van der Waals surface area contributed by atoms with Crippen LogP contribution in [0.5, 0.6) is 6.01 Å². The Morgan fingerprint density at radius 1 is 1.29 bits per heavy atom. The van der Waals surface area contributed by atoms with E-state index >= 15 is 0 Å². The summed E-state index contributed by atoms with van der Waals surface area (Å²) in [4.78, 5) is 12.2. The standard InChI is InChI=1S/C10H14N6O/c1-6(2)17-10-14-8(13-9(11)15-10)7-4-5-12-16(7)3/h4-6H,1-3H3,(H2,11,13,14,15). The van der Waals surface area contributed by atoms with E-state index in [1.165, 1.54) is 0 Å². The molecule has 2 rings (SSSR count). The molecule has 0 bridgehead atoms. The number of ether oxygens (including phenoxy) is 1. The summed E-state index contributed by atoms with van der Waals surface area (Å²) < 4.78 is 7.06. The Morgan fingerprint density at radius 2 is 2.06 bits per heavy atom. The first-order valence-electron chi connectivity index (χ1n) is 5.23. The van der Waals surface area contributed by atoms with Gasteiger partial charge in [-0.05, 0) is 19.9 Å². The molecular formula is C10H14N6O. The van der Waals surface area contributed by atoms with Crippen LogP contribution in [-0.2, 0) is 7.05 Å². The lowest BCUT2D eigenvalue weighted by molar-refractivity contribution is 0.222. The zero-order valence-electron chi connectivity index (χ0n) is 9.95.